The molecule has 2 aliphatic rings. The van der Waals surface area contributed by atoms with Gasteiger partial charge in [0, 0.05) is 13.3 Å². The molecule has 0 aliphatic carbocycles. The molecule has 0 N–H and O–H groups in total. The molecule has 1 aromatic carbocycles. The minimum Gasteiger partial charge on any atom is -0.461 e. The van der Waals surface area contributed by atoms with Crippen LogP contribution in [0.1, 0.15) is 32.3 Å². The Labute approximate surface area is 150 Å². The van der Waals surface area contributed by atoms with Gasteiger partial charge in [-0.25, -0.2) is 14.7 Å². The minimum atomic E-state index is -1.50. The van der Waals surface area contributed by atoms with Crippen LogP contribution in [-0.2, 0) is 23.9 Å². The van der Waals surface area contributed by atoms with Crippen molar-refractivity contribution in [1.82, 2.24) is 5.01 Å². The van der Waals surface area contributed by atoms with Gasteiger partial charge in [-0.05, 0) is 26.0 Å². The van der Waals surface area contributed by atoms with Gasteiger partial charge < -0.3 is 4.74 Å². The quantitative estimate of drug-likeness (QED) is 0.598. The number of carbonyl (C=O) groups excluding carboxylic acids is 4. The van der Waals surface area contributed by atoms with Crippen molar-refractivity contribution in [2.75, 3.05) is 11.5 Å². The fraction of sp³-hybridized carbons (Fsp3) is 0.389. The normalized spacial score (nSPS) is 22.2. The van der Waals surface area contributed by atoms with Crippen LogP contribution in [0.3, 0.4) is 0 Å². The SMILES string of the molecule is CCOC(=O)C1=NN(C(C)=O)[C@]2(CC(=O)N(c3ccc(C)cc3)C2=O)C1. The van der Waals surface area contributed by atoms with Crippen LogP contribution in [0.4, 0.5) is 5.69 Å². The van der Waals surface area contributed by atoms with Crippen molar-refractivity contribution in [1.29, 1.82) is 0 Å². The highest BCUT2D eigenvalue weighted by molar-refractivity contribution is 6.39. The van der Waals surface area contributed by atoms with Crippen molar-refractivity contribution in [2.24, 2.45) is 5.10 Å². The maximum absolute atomic E-state index is 13.2. The molecule has 1 saturated heterocycles. The molecule has 2 heterocycles. The molecule has 3 rings (SSSR count). The first kappa shape index (κ1) is 17.8. The predicted octanol–water partition coefficient (Wildman–Crippen LogP) is 1.17. The summed E-state index contributed by atoms with van der Waals surface area (Å²) in [5, 5.41) is 4.95. The van der Waals surface area contributed by atoms with Crippen molar-refractivity contribution < 1.29 is 23.9 Å². The van der Waals surface area contributed by atoms with Gasteiger partial charge >= 0.3 is 5.97 Å². The second-order valence-electron chi connectivity index (χ2n) is 6.35. The molecule has 8 heteroatoms. The topological polar surface area (TPSA) is 96.3 Å². The van der Waals surface area contributed by atoms with Gasteiger partial charge in [0.1, 0.15) is 5.71 Å². The van der Waals surface area contributed by atoms with Crippen LogP contribution in [0.15, 0.2) is 29.4 Å². The summed E-state index contributed by atoms with van der Waals surface area (Å²) in [6.07, 6.45) is -0.371. The first-order valence-electron chi connectivity index (χ1n) is 8.29. The molecule has 26 heavy (non-hydrogen) atoms. The number of benzene rings is 1. The Bertz CT molecular complexity index is 830. The second-order valence-corrected chi connectivity index (χ2v) is 6.35. The average molecular weight is 357 g/mol. The number of imide groups is 1. The van der Waals surface area contributed by atoms with E-state index in [4.69, 9.17) is 4.74 Å². The number of hydrogen-bond acceptors (Lipinski definition) is 6. The van der Waals surface area contributed by atoms with Gasteiger partial charge in [-0.2, -0.15) is 5.10 Å². The molecular weight excluding hydrogens is 338 g/mol. The summed E-state index contributed by atoms with van der Waals surface area (Å²) in [7, 11) is 0. The van der Waals surface area contributed by atoms with Gasteiger partial charge in [0.2, 0.25) is 11.8 Å². The number of amides is 3. The van der Waals surface area contributed by atoms with Gasteiger partial charge in [0.05, 0.1) is 18.7 Å². The molecule has 3 amide bonds. The van der Waals surface area contributed by atoms with Crippen LogP contribution in [-0.4, -0.2) is 46.6 Å². The highest BCUT2D eigenvalue weighted by Gasteiger charge is 2.61. The van der Waals surface area contributed by atoms with Gasteiger partial charge in [-0.3, -0.25) is 14.4 Å². The Hall–Kier alpha value is -3.03. The number of carbonyl (C=O) groups is 4. The third kappa shape index (κ3) is 2.67. The summed E-state index contributed by atoms with van der Waals surface area (Å²) in [6.45, 7) is 4.93. The second kappa shape index (κ2) is 6.36. The van der Waals surface area contributed by atoms with E-state index in [-0.39, 0.29) is 25.2 Å². The van der Waals surface area contributed by atoms with Gasteiger partial charge in [-0.1, -0.05) is 17.7 Å². The lowest BCUT2D eigenvalue weighted by Crippen LogP contribution is -2.51. The first-order chi connectivity index (χ1) is 12.3. The molecule has 1 spiro atoms. The highest BCUT2D eigenvalue weighted by atomic mass is 16.5. The number of rotatable bonds is 3. The molecule has 1 fully saturated rings. The fourth-order valence-corrected chi connectivity index (χ4v) is 3.29. The van der Waals surface area contributed by atoms with E-state index in [2.05, 4.69) is 5.10 Å². The number of ether oxygens (including phenoxy) is 1. The van der Waals surface area contributed by atoms with E-state index in [1.165, 1.54) is 6.92 Å². The molecule has 2 aliphatic heterocycles. The monoisotopic (exact) mass is 357 g/mol. The Balaban J connectivity index is 1.98. The van der Waals surface area contributed by atoms with Crippen LogP contribution < -0.4 is 4.90 Å². The zero-order chi connectivity index (χ0) is 19.1. The van der Waals surface area contributed by atoms with Crippen molar-refractivity contribution >= 4 is 35.1 Å². The van der Waals surface area contributed by atoms with Crippen LogP contribution in [0, 0.1) is 6.92 Å². The Morgan fingerprint density at radius 1 is 1.19 bits per heavy atom. The Kier molecular flexibility index (Phi) is 4.35. The molecule has 0 saturated carbocycles. The molecule has 0 unspecified atom stereocenters. The molecular formula is C18H19N3O5. The van der Waals surface area contributed by atoms with E-state index in [0.29, 0.717) is 5.69 Å². The lowest BCUT2D eigenvalue weighted by atomic mass is 9.91. The van der Waals surface area contributed by atoms with Gasteiger partial charge in [-0.15, -0.1) is 0 Å². The average Bonchev–Trinajstić information content (AvgIpc) is 3.08. The van der Waals surface area contributed by atoms with Crippen LogP contribution in [0.2, 0.25) is 0 Å². The van der Waals surface area contributed by atoms with Crippen molar-refractivity contribution in [3.05, 3.63) is 29.8 Å². The number of hydrogen-bond donors (Lipinski definition) is 0. The standard InChI is InChI=1S/C18H19N3O5/c1-4-26-16(24)14-9-18(21(19-14)12(3)22)10-15(23)20(17(18)25)13-7-5-11(2)6-8-13/h5-8H,4,9-10H2,1-3H3/t18-/m0/s1. The number of anilines is 1. The van der Waals surface area contributed by atoms with Gasteiger partial charge in [0.25, 0.3) is 5.91 Å². The van der Waals surface area contributed by atoms with E-state index in [1.54, 1.807) is 31.2 Å². The number of nitrogens with zero attached hydrogens (tertiary/aromatic N) is 3. The van der Waals surface area contributed by atoms with E-state index < -0.39 is 29.2 Å². The van der Waals surface area contributed by atoms with Crippen molar-refractivity contribution in [2.45, 2.75) is 39.2 Å². The summed E-state index contributed by atoms with van der Waals surface area (Å²) in [5.74, 6) is -2.21. The fourth-order valence-electron chi connectivity index (χ4n) is 3.29. The summed E-state index contributed by atoms with van der Waals surface area (Å²) in [6, 6.07) is 6.92. The summed E-state index contributed by atoms with van der Waals surface area (Å²) in [4.78, 5) is 50.9. The summed E-state index contributed by atoms with van der Waals surface area (Å²) >= 11 is 0. The largest absolute Gasteiger partial charge is 0.461 e. The van der Waals surface area contributed by atoms with E-state index in [9.17, 15) is 19.2 Å². The molecule has 0 radical (unpaired) electrons. The number of esters is 1. The van der Waals surface area contributed by atoms with E-state index in [0.717, 1.165) is 15.5 Å². The van der Waals surface area contributed by atoms with Crippen LogP contribution in [0.5, 0.6) is 0 Å². The first-order valence-corrected chi connectivity index (χ1v) is 8.29. The molecule has 1 aromatic rings. The lowest BCUT2D eigenvalue weighted by molar-refractivity contribution is -0.141. The Morgan fingerprint density at radius 3 is 2.42 bits per heavy atom. The number of hydrazone groups is 1. The number of aryl methyl sites for hydroxylation is 1. The van der Waals surface area contributed by atoms with Crippen molar-refractivity contribution in [3.63, 3.8) is 0 Å². The zero-order valence-electron chi connectivity index (χ0n) is 14.8. The molecule has 0 aromatic heterocycles. The summed E-state index contributed by atoms with van der Waals surface area (Å²) in [5.41, 5.74) is -0.123. The molecule has 136 valence electrons. The smallest absolute Gasteiger partial charge is 0.354 e. The minimum absolute atomic E-state index is 0.0334. The third-order valence-electron chi connectivity index (χ3n) is 4.48. The predicted molar refractivity (Wildman–Crippen MR) is 92.2 cm³/mol. The van der Waals surface area contributed by atoms with E-state index in [1.807, 2.05) is 6.92 Å². The molecule has 1 atom stereocenters. The van der Waals surface area contributed by atoms with Crippen LogP contribution in [0.25, 0.3) is 0 Å². The van der Waals surface area contributed by atoms with Crippen molar-refractivity contribution in [3.8, 4) is 0 Å². The maximum atomic E-state index is 13.2. The molecule has 8 nitrogen and oxygen atoms in total. The lowest BCUT2D eigenvalue weighted by Gasteiger charge is -2.28. The maximum Gasteiger partial charge on any atom is 0.354 e. The third-order valence-corrected chi connectivity index (χ3v) is 4.48. The zero-order valence-corrected chi connectivity index (χ0v) is 14.8. The highest BCUT2D eigenvalue weighted by Crippen LogP contribution is 2.40. The van der Waals surface area contributed by atoms with Crippen LogP contribution >= 0.6 is 0 Å². The van der Waals surface area contributed by atoms with E-state index >= 15 is 0 Å². The molecule has 0 bridgehead atoms. The van der Waals surface area contributed by atoms with Gasteiger partial charge in [0.15, 0.2) is 5.54 Å². The Morgan fingerprint density at radius 2 is 1.85 bits per heavy atom. The summed E-state index contributed by atoms with van der Waals surface area (Å²) < 4.78 is 4.93.